The number of benzene rings is 1. The topological polar surface area (TPSA) is 118 Å². The van der Waals surface area contributed by atoms with Crippen LogP contribution in [0.25, 0.3) is 0 Å². The Balaban J connectivity index is 1.08. The third kappa shape index (κ3) is 19.5. The number of carbonyl (C=O) groups excluding carboxylic acids is 1. The molecule has 4 aliphatic heterocycles. The maximum Gasteiger partial charge on any atom is 0.417 e. The molecule has 5 unspecified atom stereocenters. The first-order chi connectivity index (χ1) is 42.7. The fraction of sp³-hybridized carbons (Fsp3) is 0.778. The second-order valence-corrected chi connectivity index (χ2v) is 29.5. The van der Waals surface area contributed by atoms with Gasteiger partial charge >= 0.3 is 6.18 Å². The number of hydrogen-bond acceptors (Lipinski definition) is 12. The number of fused-ring (bicyclic) bond motifs is 2. The highest BCUT2D eigenvalue weighted by molar-refractivity contribution is 6.31. The van der Waals surface area contributed by atoms with Gasteiger partial charge in [0, 0.05) is 168 Å². The average Bonchev–Trinajstić information content (AvgIpc) is 1.12. The molecule has 502 valence electrons. The maximum absolute atomic E-state index is 14.8. The van der Waals surface area contributed by atoms with E-state index in [9.17, 15) is 18.0 Å². The van der Waals surface area contributed by atoms with Crippen molar-refractivity contribution in [1.82, 2.24) is 56.4 Å². The van der Waals surface area contributed by atoms with Crippen molar-refractivity contribution in [1.29, 1.82) is 0 Å². The zero-order valence-corrected chi connectivity index (χ0v) is 57.6. The van der Waals surface area contributed by atoms with Gasteiger partial charge in [0.1, 0.15) is 0 Å². The fourth-order valence-electron chi connectivity index (χ4n) is 16.4. The summed E-state index contributed by atoms with van der Waals surface area (Å²) in [4.78, 5) is 32.0. The standard InChI is InChI=1S/C72H120ClF3N12O/c1-12-51(4)65-45-81-68(59-25-21-26-59)53(6)80-46-66-67(70(89)86-39-19-14-20-40-86)56(9)88(66)69(50(2)3)54(7)83-71(33-17-18-34-71)49-78-37-36-77-35-32-60(30-28-58-29-31-63(64(73)44-58)72(74,75)76)79-38-42-84(10)47-62(43-57-23-15-13-16-24-57)85(11)48-61-27-22-41-87(61)55(8)52(5)82-65/h29,31-32,35,38,42,44,47-48,50-57,59,65-69,77-78,80-83H,12-28,30,33-34,36-37,39-41,43,45-46,49H2,1-11H3/t51-,52?,53?,54?,55-,56?,65+,66?,67-,68+,69-/m0/s1. The molecule has 89 heavy (non-hydrogen) atoms. The van der Waals surface area contributed by atoms with Gasteiger partial charge < -0.3 is 51.5 Å². The van der Waals surface area contributed by atoms with E-state index in [2.05, 4.69) is 145 Å². The van der Waals surface area contributed by atoms with Crippen molar-refractivity contribution in [2.24, 2.45) is 34.6 Å². The van der Waals surface area contributed by atoms with E-state index >= 15 is 0 Å². The lowest BCUT2D eigenvalue weighted by atomic mass is 9.74. The fourth-order valence-corrected chi connectivity index (χ4v) is 16.7. The smallest absolute Gasteiger partial charge is 0.390 e. The molecule has 1 aromatic carbocycles. The average molecular weight is 1260 g/mol. The highest BCUT2D eigenvalue weighted by Gasteiger charge is 2.55. The number of amides is 1. The number of piperidine rings is 1. The van der Waals surface area contributed by atoms with Gasteiger partial charge in [-0.05, 0) is 165 Å². The zero-order valence-electron chi connectivity index (χ0n) is 56.9. The van der Waals surface area contributed by atoms with Gasteiger partial charge in [0.2, 0.25) is 5.91 Å². The normalized spacial score (nSPS) is 31.0. The van der Waals surface area contributed by atoms with Crippen LogP contribution in [0.4, 0.5) is 13.2 Å². The Morgan fingerprint density at radius 3 is 2.21 bits per heavy atom. The highest BCUT2D eigenvalue weighted by atomic mass is 35.5. The summed E-state index contributed by atoms with van der Waals surface area (Å²) in [6.45, 7) is 28.4. The summed E-state index contributed by atoms with van der Waals surface area (Å²) >= 11 is 6.20. The van der Waals surface area contributed by atoms with E-state index in [1.165, 1.54) is 94.2 Å². The van der Waals surface area contributed by atoms with Crippen LogP contribution in [-0.2, 0) is 17.4 Å². The summed E-state index contributed by atoms with van der Waals surface area (Å²) in [6, 6.07) is 6.16. The van der Waals surface area contributed by atoms with Gasteiger partial charge in [0.05, 0.1) is 16.5 Å². The number of carbonyl (C=O) groups is 1. The molecule has 6 N–H and O–H groups in total. The summed E-state index contributed by atoms with van der Waals surface area (Å²) in [5.74, 6) is 2.46. The molecule has 7 aliphatic rings. The van der Waals surface area contributed by atoms with Crippen LogP contribution in [0.5, 0.6) is 0 Å². The Morgan fingerprint density at radius 2 is 1.54 bits per heavy atom. The minimum Gasteiger partial charge on any atom is -0.390 e. The van der Waals surface area contributed by atoms with Gasteiger partial charge in [-0.2, -0.15) is 13.2 Å². The van der Waals surface area contributed by atoms with Crippen molar-refractivity contribution < 1.29 is 18.0 Å². The molecule has 8 rings (SSSR count). The second kappa shape index (κ2) is 34.0. The van der Waals surface area contributed by atoms with Crippen LogP contribution in [0.1, 0.15) is 202 Å². The molecule has 3 saturated carbocycles. The minimum absolute atomic E-state index is 0.0339. The lowest BCUT2D eigenvalue weighted by Gasteiger charge is -2.60. The number of hydrogen-bond donors (Lipinski definition) is 6. The lowest BCUT2D eigenvalue weighted by molar-refractivity contribution is -0.162. The van der Waals surface area contributed by atoms with Crippen molar-refractivity contribution in [3.63, 3.8) is 0 Å². The summed E-state index contributed by atoms with van der Waals surface area (Å²) in [5.41, 5.74) is 3.34. The highest BCUT2D eigenvalue weighted by Crippen LogP contribution is 2.42. The molecule has 1 spiro atoms. The molecule has 13 nitrogen and oxygen atoms in total. The van der Waals surface area contributed by atoms with Crippen LogP contribution in [-0.4, -0.2) is 162 Å². The number of nitrogens with one attached hydrogen (secondary N) is 6. The molecule has 1 aromatic rings. The molecule has 17 heteroatoms. The predicted molar refractivity (Wildman–Crippen MR) is 364 cm³/mol. The van der Waals surface area contributed by atoms with Crippen LogP contribution in [0, 0.1) is 29.6 Å². The number of aryl methyl sites for hydroxylation is 1. The second-order valence-electron chi connectivity index (χ2n) is 29.0. The van der Waals surface area contributed by atoms with Gasteiger partial charge in [0.25, 0.3) is 0 Å². The number of nitrogens with zero attached hydrogens (tertiary/aromatic N) is 6. The molecule has 0 radical (unpaired) electrons. The van der Waals surface area contributed by atoms with Gasteiger partial charge in [-0.15, -0.1) is 0 Å². The molecule has 6 fully saturated rings. The first-order valence-corrected chi connectivity index (χ1v) is 35.9. The minimum atomic E-state index is -4.51. The van der Waals surface area contributed by atoms with E-state index in [4.69, 9.17) is 16.6 Å². The van der Waals surface area contributed by atoms with Crippen molar-refractivity contribution in [2.75, 3.05) is 66.5 Å². The van der Waals surface area contributed by atoms with Crippen LogP contribution < -0.4 is 31.9 Å². The van der Waals surface area contributed by atoms with Crippen LogP contribution in [0.2, 0.25) is 5.02 Å². The number of aliphatic imine (C=N–C) groups is 1. The SMILES string of the molecule is CC[C@H](C)[C@H]1CN[C@@H](C2CCC2)C(C)NCC2[C@@H](C(=O)N3CCCCC3)C(C)N2[C@@H](C(C)C)C(C)NC2(CCCC2)CNCCNC=CC(CCc2ccc(C(F)(F)F)c(Cl)c2)=NC=CN(C)C=C(CC2CCCCC2)N(C)C=C2CCCN2[C@@H](C)C(C)N1. The van der Waals surface area contributed by atoms with Crippen molar-refractivity contribution in [2.45, 2.75) is 263 Å². The Labute approximate surface area is 542 Å². The largest absolute Gasteiger partial charge is 0.417 e. The summed E-state index contributed by atoms with van der Waals surface area (Å²) in [6.07, 6.45) is 31.5. The lowest BCUT2D eigenvalue weighted by Crippen LogP contribution is -2.76. The van der Waals surface area contributed by atoms with Crippen molar-refractivity contribution in [3.8, 4) is 0 Å². The van der Waals surface area contributed by atoms with Crippen LogP contribution in [0.3, 0.4) is 0 Å². The molecule has 4 heterocycles. The predicted octanol–water partition coefficient (Wildman–Crippen LogP) is 13.1. The molecule has 0 aromatic heterocycles. The van der Waals surface area contributed by atoms with E-state index in [1.807, 2.05) is 24.7 Å². The van der Waals surface area contributed by atoms with Crippen LogP contribution >= 0.6 is 11.6 Å². The number of allylic oxidation sites excluding steroid dienone is 3. The Bertz CT molecular complexity index is 2500. The quantitative estimate of drug-likeness (QED) is 0.134. The van der Waals surface area contributed by atoms with Gasteiger partial charge in [0.15, 0.2) is 0 Å². The number of likely N-dealkylation sites (tertiary alicyclic amines) is 1. The van der Waals surface area contributed by atoms with Gasteiger partial charge in [-0.1, -0.05) is 103 Å². The molecule has 3 saturated heterocycles. The Morgan fingerprint density at radius 1 is 0.809 bits per heavy atom. The van der Waals surface area contributed by atoms with Gasteiger partial charge in [-0.25, -0.2) is 0 Å². The monoisotopic (exact) mass is 1260 g/mol. The first kappa shape index (κ1) is 71.2. The molecule has 1 amide bonds. The molecular formula is C72H120ClF3N12O. The third-order valence-electron chi connectivity index (χ3n) is 22.2. The van der Waals surface area contributed by atoms with Gasteiger partial charge in [-0.3, -0.25) is 14.7 Å². The molecule has 0 bridgehead atoms. The Kier molecular flexibility index (Phi) is 27.2. The van der Waals surface area contributed by atoms with Crippen molar-refractivity contribution in [3.05, 3.63) is 82.8 Å². The number of rotatable bonds is 10. The summed E-state index contributed by atoms with van der Waals surface area (Å²) < 4.78 is 41.0. The molecular weight excluding hydrogens is 1140 g/mol. The molecule has 3 aliphatic carbocycles. The van der Waals surface area contributed by atoms with E-state index in [1.54, 1.807) is 0 Å². The zero-order chi connectivity index (χ0) is 63.8. The van der Waals surface area contributed by atoms with E-state index in [-0.39, 0.29) is 52.7 Å². The summed E-state index contributed by atoms with van der Waals surface area (Å²) in [7, 11) is 4.31. The maximum atomic E-state index is 14.8. The summed E-state index contributed by atoms with van der Waals surface area (Å²) in [5, 5.41) is 24.1. The van der Waals surface area contributed by atoms with E-state index in [0.29, 0.717) is 67.1 Å². The third-order valence-corrected chi connectivity index (χ3v) is 22.6. The van der Waals surface area contributed by atoms with Crippen LogP contribution in [0.15, 0.2) is 71.7 Å². The molecule has 11 atom stereocenters. The van der Waals surface area contributed by atoms with E-state index in [0.717, 1.165) is 115 Å². The number of halogens is 4. The van der Waals surface area contributed by atoms with Crippen molar-refractivity contribution >= 4 is 23.2 Å². The Hall–Kier alpha value is -3.64. The number of alkyl halides is 3. The first-order valence-electron chi connectivity index (χ1n) is 35.6. The van der Waals surface area contributed by atoms with E-state index < -0.39 is 11.7 Å².